The number of rotatable bonds is 3. The first kappa shape index (κ1) is 13.4. The van der Waals surface area contributed by atoms with Crippen LogP contribution in [0.1, 0.15) is 36.9 Å². The molecule has 0 unspecified atom stereocenters. The van der Waals surface area contributed by atoms with Gasteiger partial charge in [-0.15, -0.1) is 0 Å². The Balaban J connectivity index is 2.01. The van der Waals surface area contributed by atoms with Crippen molar-refractivity contribution < 1.29 is 14.7 Å². The molecule has 0 bridgehead atoms. The molecule has 2 rings (SSSR count). The molecule has 0 saturated carbocycles. The lowest BCUT2D eigenvalue weighted by Gasteiger charge is -2.27. The second-order valence-electron chi connectivity index (χ2n) is 4.80. The summed E-state index contributed by atoms with van der Waals surface area (Å²) in [7, 11) is 0. The molecule has 0 heterocycles. The molecule has 19 heavy (non-hydrogen) atoms. The van der Waals surface area contributed by atoms with Crippen LogP contribution in [0.2, 0.25) is 0 Å². The molecular weight excluding hydrogens is 244 g/mol. The van der Waals surface area contributed by atoms with Crippen molar-refractivity contribution in [2.75, 3.05) is 0 Å². The molecule has 0 radical (unpaired) electrons. The highest BCUT2D eigenvalue weighted by Gasteiger charge is 2.21. The second kappa shape index (κ2) is 5.73. The normalized spacial score (nSPS) is 19.1. The Labute approximate surface area is 112 Å². The van der Waals surface area contributed by atoms with Crippen molar-refractivity contribution in [3.05, 3.63) is 35.4 Å². The van der Waals surface area contributed by atoms with E-state index in [4.69, 9.17) is 0 Å². The fourth-order valence-corrected chi connectivity index (χ4v) is 2.36. The second-order valence-corrected chi connectivity index (χ2v) is 4.80. The van der Waals surface area contributed by atoms with Gasteiger partial charge in [0, 0.05) is 0 Å². The molecule has 102 valence electrons. The highest BCUT2D eigenvalue weighted by molar-refractivity contribution is 5.81. The number of nitrogens with one attached hydrogen (secondary N) is 2. The van der Waals surface area contributed by atoms with E-state index in [1.165, 1.54) is 12.5 Å². The van der Waals surface area contributed by atoms with Gasteiger partial charge in [-0.25, -0.2) is 4.79 Å². The number of carbonyl (C=O) groups excluding carboxylic acids is 2. The van der Waals surface area contributed by atoms with Crippen molar-refractivity contribution in [2.45, 2.75) is 38.3 Å². The van der Waals surface area contributed by atoms with Crippen LogP contribution in [0.25, 0.3) is 0 Å². The number of urea groups is 1. The number of carbonyl (C=O) groups is 2. The Hall–Kier alpha value is -2.04. The Morgan fingerprint density at radius 2 is 2.11 bits per heavy atom. The van der Waals surface area contributed by atoms with Gasteiger partial charge in [0.05, 0.1) is 18.1 Å². The number of amides is 2. The molecule has 0 aliphatic heterocycles. The third-order valence-corrected chi connectivity index (χ3v) is 3.38. The van der Waals surface area contributed by atoms with E-state index in [1.807, 2.05) is 18.2 Å². The topological polar surface area (TPSA) is 81.3 Å². The van der Waals surface area contributed by atoms with Gasteiger partial charge in [0.15, 0.2) is 0 Å². The summed E-state index contributed by atoms with van der Waals surface area (Å²) in [5.74, 6) is -1.29. The zero-order valence-corrected chi connectivity index (χ0v) is 10.8. The lowest BCUT2D eigenvalue weighted by molar-refractivity contribution is -0.307. The van der Waals surface area contributed by atoms with Crippen LogP contribution in [0.15, 0.2) is 24.3 Å². The molecule has 5 heteroatoms. The summed E-state index contributed by atoms with van der Waals surface area (Å²) in [5, 5.41) is 15.7. The summed E-state index contributed by atoms with van der Waals surface area (Å²) < 4.78 is 0. The summed E-state index contributed by atoms with van der Waals surface area (Å²) in [6.45, 7) is 1.38. The van der Waals surface area contributed by atoms with Gasteiger partial charge >= 0.3 is 6.03 Å². The van der Waals surface area contributed by atoms with Crippen molar-refractivity contribution in [3.63, 3.8) is 0 Å². The fourth-order valence-electron chi connectivity index (χ4n) is 2.36. The molecule has 0 spiro atoms. The van der Waals surface area contributed by atoms with Crippen LogP contribution in [0, 0.1) is 0 Å². The van der Waals surface area contributed by atoms with E-state index >= 15 is 0 Å². The van der Waals surface area contributed by atoms with Crippen LogP contribution in [0.4, 0.5) is 4.79 Å². The molecule has 0 aromatic heterocycles. The van der Waals surface area contributed by atoms with E-state index in [-0.39, 0.29) is 6.04 Å². The third-order valence-electron chi connectivity index (χ3n) is 3.38. The molecule has 2 N–H and O–H groups in total. The summed E-state index contributed by atoms with van der Waals surface area (Å²) >= 11 is 0. The zero-order valence-electron chi connectivity index (χ0n) is 10.8. The van der Waals surface area contributed by atoms with E-state index in [9.17, 15) is 14.7 Å². The van der Waals surface area contributed by atoms with Crippen LogP contribution in [-0.4, -0.2) is 18.0 Å². The number of carboxylic acids is 1. The third kappa shape index (κ3) is 3.24. The molecule has 1 aliphatic carbocycles. The molecule has 2 atom stereocenters. The maximum atomic E-state index is 11.7. The van der Waals surface area contributed by atoms with Gasteiger partial charge in [-0.1, -0.05) is 24.3 Å². The van der Waals surface area contributed by atoms with E-state index in [0.717, 1.165) is 24.8 Å². The first-order valence-electron chi connectivity index (χ1n) is 6.43. The molecule has 1 aromatic rings. The predicted octanol–water partition coefficient (Wildman–Crippen LogP) is 0.502. The minimum absolute atomic E-state index is 0.0566. The fraction of sp³-hybridized carbons (Fsp3) is 0.429. The zero-order chi connectivity index (χ0) is 13.8. The number of fused-ring (bicyclic) bond motifs is 1. The maximum absolute atomic E-state index is 11.7. The predicted molar refractivity (Wildman–Crippen MR) is 68.3 cm³/mol. The van der Waals surface area contributed by atoms with Crippen molar-refractivity contribution >= 4 is 12.0 Å². The lowest BCUT2D eigenvalue weighted by Crippen LogP contribution is -2.50. The quantitative estimate of drug-likeness (QED) is 0.831. The van der Waals surface area contributed by atoms with E-state index in [0.29, 0.717) is 0 Å². The number of aryl methyl sites for hydroxylation is 1. The summed E-state index contributed by atoms with van der Waals surface area (Å²) in [6.07, 6.45) is 2.90. The SMILES string of the molecule is C[C@H](NC(=O)N[C@@H]1CCCc2ccccc21)C(=O)[O-]. The van der Waals surface area contributed by atoms with Gasteiger partial charge in [-0.2, -0.15) is 0 Å². The highest BCUT2D eigenvalue weighted by atomic mass is 16.4. The van der Waals surface area contributed by atoms with Gasteiger partial charge in [0.1, 0.15) is 0 Å². The van der Waals surface area contributed by atoms with Crippen LogP contribution >= 0.6 is 0 Å². The molecular formula is C14H17N2O3-. The first-order valence-corrected chi connectivity index (χ1v) is 6.43. The lowest BCUT2D eigenvalue weighted by atomic mass is 9.88. The number of hydrogen-bond acceptors (Lipinski definition) is 3. The molecule has 1 aromatic carbocycles. The van der Waals surface area contributed by atoms with Gasteiger partial charge in [-0.3, -0.25) is 0 Å². The van der Waals surface area contributed by atoms with Crippen LogP contribution < -0.4 is 15.7 Å². The van der Waals surface area contributed by atoms with Gasteiger partial charge in [0.25, 0.3) is 0 Å². The van der Waals surface area contributed by atoms with E-state index in [1.54, 1.807) is 0 Å². The van der Waals surface area contributed by atoms with E-state index < -0.39 is 18.0 Å². The minimum Gasteiger partial charge on any atom is -0.548 e. The van der Waals surface area contributed by atoms with E-state index in [2.05, 4.69) is 16.7 Å². The van der Waals surface area contributed by atoms with Crippen LogP contribution in [-0.2, 0) is 11.2 Å². The first-order chi connectivity index (χ1) is 9.08. The monoisotopic (exact) mass is 261 g/mol. The number of aliphatic carboxylic acids is 1. The minimum atomic E-state index is -1.29. The Morgan fingerprint density at radius 3 is 2.84 bits per heavy atom. The number of benzene rings is 1. The Morgan fingerprint density at radius 1 is 1.37 bits per heavy atom. The number of carboxylic acid groups (broad SMARTS) is 1. The standard InChI is InChI=1S/C14H18N2O3/c1-9(13(17)18)15-14(19)16-12-8-4-6-10-5-2-3-7-11(10)12/h2-3,5,7,9,12H,4,6,8H2,1H3,(H,17,18)(H2,15,16,19)/p-1/t9-,12+/m0/s1. The van der Waals surface area contributed by atoms with Gasteiger partial charge < -0.3 is 20.5 Å². The van der Waals surface area contributed by atoms with Gasteiger partial charge in [0.2, 0.25) is 0 Å². The van der Waals surface area contributed by atoms with Crippen LogP contribution in [0.3, 0.4) is 0 Å². The Kier molecular flexibility index (Phi) is 4.04. The molecule has 5 nitrogen and oxygen atoms in total. The Bertz CT molecular complexity index is 487. The largest absolute Gasteiger partial charge is 0.548 e. The van der Waals surface area contributed by atoms with Crippen molar-refractivity contribution in [1.29, 1.82) is 0 Å². The van der Waals surface area contributed by atoms with Gasteiger partial charge in [-0.05, 0) is 37.3 Å². The maximum Gasteiger partial charge on any atom is 0.315 e. The average molecular weight is 261 g/mol. The smallest absolute Gasteiger partial charge is 0.315 e. The molecule has 0 fully saturated rings. The van der Waals surface area contributed by atoms with Crippen LogP contribution in [0.5, 0.6) is 0 Å². The summed E-state index contributed by atoms with van der Waals surface area (Å²) in [6, 6.07) is 6.46. The van der Waals surface area contributed by atoms with Crippen molar-refractivity contribution in [3.8, 4) is 0 Å². The van der Waals surface area contributed by atoms with Crippen molar-refractivity contribution in [2.24, 2.45) is 0 Å². The highest BCUT2D eigenvalue weighted by Crippen LogP contribution is 2.29. The summed E-state index contributed by atoms with van der Waals surface area (Å²) in [4.78, 5) is 22.3. The average Bonchev–Trinajstić information content (AvgIpc) is 2.39. The molecule has 1 aliphatic rings. The molecule has 2 amide bonds. The number of hydrogen-bond donors (Lipinski definition) is 2. The summed E-state index contributed by atoms with van der Waals surface area (Å²) in [5.41, 5.74) is 2.36. The van der Waals surface area contributed by atoms with Crippen molar-refractivity contribution in [1.82, 2.24) is 10.6 Å². The molecule has 0 saturated heterocycles.